The number of oxime groups is 1. The van der Waals surface area contributed by atoms with Gasteiger partial charge in [0.2, 0.25) is 0 Å². The van der Waals surface area contributed by atoms with E-state index in [0.717, 1.165) is 84.3 Å². The first kappa shape index (κ1) is 27.8. The Morgan fingerprint density at radius 2 is 1.54 bits per heavy atom. The lowest BCUT2D eigenvalue weighted by Gasteiger charge is -2.49. The van der Waals surface area contributed by atoms with Crippen molar-refractivity contribution in [1.29, 1.82) is 0 Å². The van der Waals surface area contributed by atoms with Gasteiger partial charge in [0.25, 0.3) is 5.91 Å². The molecule has 0 aromatic heterocycles. The van der Waals surface area contributed by atoms with Crippen LogP contribution in [0.1, 0.15) is 80.4 Å². The second kappa shape index (κ2) is 11.3. The Balaban J connectivity index is 1.40. The Morgan fingerprint density at radius 1 is 0.973 bits per heavy atom. The van der Waals surface area contributed by atoms with Crippen LogP contribution in [0.2, 0.25) is 0 Å². The standard InChI is InChI=1S/C31H42BrN3O2/c1-22-8-7-9-23(2)27(22)29(36)34-20-16-31(6,17-21-34)35-18-14-25(15-19-35)28(33-37-30(3,4)5)24-10-12-26(32)13-11-24/h7-13,25H,14-21H2,1-6H3/b33-28-. The third-order valence-corrected chi connectivity index (χ3v) is 8.55. The van der Waals surface area contributed by atoms with Crippen molar-refractivity contribution in [3.05, 3.63) is 69.2 Å². The normalized spacial score (nSPS) is 19.6. The first-order valence-electron chi connectivity index (χ1n) is 13.6. The van der Waals surface area contributed by atoms with Crippen molar-refractivity contribution in [2.24, 2.45) is 11.1 Å². The smallest absolute Gasteiger partial charge is 0.254 e. The van der Waals surface area contributed by atoms with Crippen LogP contribution in [0.3, 0.4) is 0 Å². The van der Waals surface area contributed by atoms with Crippen LogP contribution < -0.4 is 0 Å². The van der Waals surface area contributed by atoms with Gasteiger partial charge in [-0.1, -0.05) is 51.4 Å². The van der Waals surface area contributed by atoms with Crippen molar-refractivity contribution in [1.82, 2.24) is 9.80 Å². The molecule has 0 N–H and O–H groups in total. The van der Waals surface area contributed by atoms with Gasteiger partial charge in [0.15, 0.2) is 0 Å². The third kappa shape index (κ3) is 6.64. The van der Waals surface area contributed by atoms with Gasteiger partial charge in [0.1, 0.15) is 5.60 Å². The number of piperidine rings is 2. The van der Waals surface area contributed by atoms with E-state index in [0.29, 0.717) is 5.92 Å². The van der Waals surface area contributed by atoms with Gasteiger partial charge < -0.3 is 9.74 Å². The van der Waals surface area contributed by atoms with Crippen LogP contribution in [-0.4, -0.2) is 58.7 Å². The van der Waals surface area contributed by atoms with E-state index in [4.69, 9.17) is 4.84 Å². The van der Waals surface area contributed by atoms with E-state index in [1.165, 1.54) is 0 Å². The predicted molar refractivity (Wildman–Crippen MR) is 155 cm³/mol. The van der Waals surface area contributed by atoms with Crippen LogP contribution in [0.5, 0.6) is 0 Å². The van der Waals surface area contributed by atoms with Gasteiger partial charge in [0, 0.05) is 34.6 Å². The van der Waals surface area contributed by atoms with E-state index >= 15 is 0 Å². The minimum Gasteiger partial charge on any atom is -0.390 e. The number of amides is 1. The Bertz CT molecular complexity index is 1100. The van der Waals surface area contributed by atoms with Crippen LogP contribution >= 0.6 is 15.9 Å². The van der Waals surface area contributed by atoms with Gasteiger partial charge in [-0.05, 0) is 109 Å². The lowest BCUT2D eigenvalue weighted by molar-refractivity contribution is -0.00176. The molecule has 2 aromatic rings. The summed E-state index contributed by atoms with van der Waals surface area (Å²) in [6.07, 6.45) is 4.14. The van der Waals surface area contributed by atoms with E-state index in [1.807, 2.05) is 52.8 Å². The molecular formula is C31H42BrN3O2. The zero-order chi connectivity index (χ0) is 26.8. The summed E-state index contributed by atoms with van der Waals surface area (Å²) in [6.45, 7) is 16.3. The quantitative estimate of drug-likeness (QED) is 0.289. The molecular weight excluding hydrogens is 526 g/mol. The van der Waals surface area contributed by atoms with E-state index in [2.05, 4.69) is 62.1 Å². The molecule has 2 aliphatic rings. The fourth-order valence-corrected chi connectivity index (χ4v) is 5.94. The number of likely N-dealkylation sites (tertiary alicyclic amines) is 2. The summed E-state index contributed by atoms with van der Waals surface area (Å²) in [5.41, 5.74) is 5.01. The molecule has 200 valence electrons. The van der Waals surface area contributed by atoms with E-state index < -0.39 is 0 Å². The van der Waals surface area contributed by atoms with Crippen LogP contribution in [0.25, 0.3) is 0 Å². The number of nitrogens with zero attached hydrogens (tertiary/aromatic N) is 3. The Labute approximate surface area is 231 Å². The maximum Gasteiger partial charge on any atom is 0.254 e. The van der Waals surface area contributed by atoms with Gasteiger partial charge >= 0.3 is 0 Å². The van der Waals surface area contributed by atoms with E-state index in [9.17, 15) is 4.79 Å². The molecule has 2 saturated heterocycles. The van der Waals surface area contributed by atoms with Crippen LogP contribution in [0.15, 0.2) is 52.1 Å². The maximum atomic E-state index is 13.3. The number of halogens is 1. The topological polar surface area (TPSA) is 45.1 Å². The summed E-state index contributed by atoms with van der Waals surface area (Å²) in [5, 5.41) is 4.68. The molecule has 0 unspecified atom stereocenters. The molecule has 0 aliphatic carbocycles. The minimum atomic E-state index is -0.322. The largest absolute Gasteiger partial charge is 0.390 e. The minimum absolute atomic E-state index is 0.124. The van der Waals surface area contributed by atoms with Gasteiger partial charge in [-0.15, -0.1) is 0 Å². The van der Waals surface area contributed by atoms with Crippen molar-refractivity contribution < 1.29 is 9.63 Å². The van der Waals surface area contributed by atoms with Crippen molar-refractivity contribution >= 4 is 27.5 Å². The fourth-order valence-electron chi connectivity index (χ4n) is 5.68. The molecule has 2 heterocycles. The highest BCUT2D eigenvalue weighted by Gasteiger charge is 2.39. The molecule has 2 fully saturated rings. The lowest BCUT2D eigenvalue weighted by atomic mass is 9.82. The number of benzene rings is 2. The maximum absolute atomic E-state index is 13.3. The number of carbonyl (C=O) groups is 1. The summed E-state index contributed by atoms with van der Waals surface area (Å²) < 4.78 is 1.07. The molecule has 0 saturated carbocycles. The number of carbonyl (C=O) groups excluding carboxylic acids is 1. The molecule has 4 rings (SSSR count). The van der Waals surface area contributed by atoms with Crippen molar-refractivity contribution in [3.63, 3.8) is 0 Å². The molecule has 37 heavy (non-hydrogen) atoms. The molecule has 0 bridgehead atoms. The molecule has 5 nitrogen and oxygen atoms in total. The second-order valence-corrected chi connectivity index (χ2v) is 12.9. The van der Waals surface area contributed by atoms with Crippen LogP contribution in [0, 0.1) is 19.8 Å². The van der Waals surface area contributed by atoms with Gasteiger partial charge in [-0.2, -0.15) is 0 Å². The monoisotopic (exact) mass is 567 g/mol. The summed E-state index contributed by atoms with van der Waals surface area (Å²) in [7, 11) is 0. The Hall–Kier alpha value is -2.18. The van der Waals surface area contributed by atoms with E-state index in [1.54, 1.807) is 0 Å². The number of rotatable bonds is 5. The first-order valence-corrected chi connectivity index (χ1v) is 14.4. The number of aryl methyl sites for hydroxylation is 2. The average molecular weight is 569 g/mol. The zero-order valence-electron chi connectivity index (χ0n) is 23.3. The third-order valence-electron chi connectivity index (χ3n) is 8.03. The highest BCUT2D eigenvalue weighted by Crippen LogP contribution is 2.34. The molecule has 2 aromatic carbocycles. The first-order chi connectivity index (χ1) is 17.5. The molecule has 0 radical (unpaired) electrons. The average Bonchev–Trinajstić information content (AvgIpc) is 2.85. The van der Waals surface area contributed by atoms with Crippen LogP contribution in [0.4, 0.5) is 0 Å². The summed E-state index contributed by atoms with van der Waals surface area (Å²) in [5.74, 6) is 0.555. The van der Waals surface area contributed by atoms with Gasteiger partial charge in [-0.3, -0.25) is 9.69 Å². The van der Waals surface area contributed by atoms with Gasteiger partial charge in [0.05, 0.1) is 5.71 Å². The van der Waals surface area contributed by atoms with Crippen LogP contribution in [-0.2, 0) is 4.84 Å². The van der Waals surface area contributed by atoms with Crippen molar-refractivity contribution in [2.75, 3.05) is 26.2 Å². The Morgan fingerprint density at radius 3 is 2.08 bits per heavy atom. The van der Waals surface area contributed by atoms with Crippen molar-refractivity contribution in [2.45, 2.75) is 78.4 Å². The van der Waals surface area contributed by atoms with Gasteiger partial charge in [-0.25, -0.2) is 0 Å². The van der Waals surface area contributed by atoms with Crippen molar-refractivity contribution in [3.8, 4) is 0 Å². The molecule has 1 amide bonds. The molecule has 2 aliphatic heterocycles. The molecule has 0 atom stereocenters. The number of hydrogen-bond acceptors (Lipinski definition) is 4. The van der Waals surface area contributed by atoms with E-state index in [-0.39, 0.29) is 17.0 Å². The SMILES string of the molecule is Cc1cccc(C)c1C(=O)N1CCC(C)(N2CCC(/C(=N\OC(C)(C)C)c3ccc(Br)cc3)CC2)CC1. The lowest BCUT2D eigenvalue weighted by Crippen LogP contribution is -2.56. The Kier molecular flexibility index (Phi) is 8.49. The summed E-state index contributed by atoms with van der Waals surface area (Å²) in [6, 6.07) is 14.5. The highest BCUT2D eigenvalue weighted by atomic mass is 79.9. The molecule has 0 spiro atoms. The number of hydrogen-bond donors (Lipinski definition) is 0. The highest BCUT2D eigenvalue weighted by molar-refractivity contribution is 9.10. The summed E-state index contributed by atoms with van der Waals surface area (Å²) in [4.78, 5) is 23.9. The second-order valence-electron chi connectivity index (χ2n) is 12.0. The fraction of sp³-hybridized carbons (Fsp3) is 0.548. The zero-order valence-corrected chi connectivity index (χ0v) is 24.9. The predicted octanol–water partition coefficient (Wildman–Crippen LogP) is 6.99. The summed E-state index contributed by atoms with van der Waals surface area (Å²) >= 11 is 3.55. The molecule has 6 heteroatoms.